The molecule has 0 aromatic heterocycles. The summed E-state index contributed by atoms with van der Waals surface area (Å²) in [6.07, 6.45) is 1.07. The summed E-state index contributed by atoms with van der Waals surface area (Å²) in [5.74, 6) is -0.679. The van der Waals surface area contributed by atoms with Gasteiger partial charge < -0.3 is 10.4 Å². The van der Waals surface area contributed by atoms with Gasteiger partial charge in [-0.05, 0) is 37.3 Å². The molecule has 2 rings (SSSR count). The average molecular weight is 340 g/mol. The first-order valence-electron chi connectivity index (χ1n) is 6.29. The van der Waals surface area contributed by atoms with Gasteiger partial charge in [-0.3, -0.25) is 4.79 Å². The lowest BCUT2D eigenvalue weighted by atomic mass is 10.1. The van der Waals surface area contributed by atoms with Crippen LogP contribution < -0.4 is 5.32 Å². The maximum atomic E-state index is 12.2. The van der Waals surface area contributed by atoms with E-state index in [0.29, 0.717) is 0 Å². The number of phenols is 1. The molecule has 1 amide bonds. The molecule has 0 fully saturated rings. The smallest absolute Gasteiger partial charge is 0.259 e. The number of benzene rings is 2. The van der Waals surface area contributed by atoms with Gasteiger partial charge in [0.05, 0.1) is 21.2 Å². The van der Waals surface area contributed by atoms with Gasteiger partial charge >= 0.3 is 0 Å². The highest BCUT2D eigenvalue weighted by molar-refractivity contribution is 7.90. The standard InChI is InChI=1S/C15H14ClNO4S/c1-9-3-6-14(18)11(7-9)15(19)17-13-5-4-10(8-12(13)16)22(2,20)21/h3-8,18H,1-2H3,(H,17,19). The summed E-state index contributed by atoms with van der Waals surface area (Å²) < 4.78 is 22.9. The van der Waals surface area contributed by atoms with Crippen molar-refractivity contribution >= 4 is 33.0 Å². The van der Waals surface area contributed by atoms with Gasteiger partial charge in [-0.15, -0.1) is 0 Å². The fraction of sp³-hybridized carbons (Fsp3) is 0.133. The Labute approximate surface area is 133 Å². The number of carbonyl (C=O) groups excluding carboxylic acids is 1. The number of halogens is 1. The van der Waals surface area contributed by atoms with Crippen molar-refractivity contribution in [1.82, 2.24) is 0 Å². The summed E-state index contributed by atoms with van der Waals surface area (Å²) in [5.41, 5.74) is 1.20. The molecule has 7 heteroatoms. The first kappa shape index (κ1) is 16.3. The highest BCUT2D eigenvalue weighted by Crippen LogP contribution is 2.27. The Morgan fingerprint density at radius 2 is 1.86 bits per heavy atom. The fourth-order valence-electron chi connectivity index (χ4n) is 1.85. The molecule has 0 bridgehead atoms. The second kappa shape index (κ2) is 5.98. The third-order valence-electron chi connectivity index (χ3n) is 3.01. The van der Waals surface area contributed by atoms with Gasteiger partial charge in [-0.2, -0.15) is 0 Å². The minimum Gasteiger partial charge on any atom is -0.507 e. The summed E-state index contributed by atoms with van der Waals surface area (Å²) in [6, 6.07) is 8.68. The number of nitrogens with one attached hydrogen (secondary N) is 1. The molecule has 0 aliphatic heterocycles. The molecule has 0 radical (unpaired) electrons. The third-order valence-corrected chi connectivity index (χ3v) is 4.44. The van der Waals surface area contributed by atoms with Crippen LogP contribution in [-0.2, 0) is 9.84 Å². The first-order chi connectivity index (χ1) is 10.2. The van der Waals surface area contributed by atoms with Crippen molar-refractivity contribution in [3.63, 3.8) is 0 Å². The molecule has 0 unspecified atom stereocenters. The average Bonchev–Trinajstić information content (AvgIpc) is 2.42. The van der Waals surface area contributed by atoms with E-state index < -0.39 is 15.7 Å². The minimum absolute atomic E-state index is 0.0638. The molecule has 0 aliphatic carbocycles. The van der Waals surface area contributed by atoms with E-state index in [1.165, 1.54) is 24.3 Å². The summed E-state index contributed by atoms with van der Waals surface area (Å²) in [7, 11) is -3.37. The molecule has 22 heavy (non-hydrogen) atoms. The Balaban J connectivity index is 2.31. The molecule has 5 nitrogen and oxygen atoms in total. The van der Waals surface area contributed by atoms with E-state index in [4.69, 9.17) is 11.6 Å². The fourth-order valence-corrected chi connectivity index (χ4v) is 2.79. The van der Waals surface area contributed by atoms with E-state index in [1.54, 1.807) is 19.1 Å². The third kappa shape index (κ3) is 3.58. The van der Waals surface area contributed by atoms with Crippen LogP contribution >= 0.6 is 11.6 Å². The molecular formula is C15H14ClNO4S. The molecule has 2 aromatic rings. The molecule has 0 spiro atoms. The Kier molecular flexibility index (Phi) is 4.44. The number of phenolic OH excluding ortho intramolecular Hbond substituents is 1. The van der Waals surface area contributed by atoms with Crippen molar-refractivity contribution in [2.24, 2.45) is 0 Å². The molecule has 116 valence electrons. The second-order valence-electron chi connectivity index (χ2n) is 4.89. The number of sulfone groups is 1. The molecule has 0 aliphatic rings. The zero-order valence-corrected chi connectivity index (χ0v) is 13.5. The van der Waals surface area contributed by atoms with Crippen LogP contribution in [-0.4, -0.2) is 25.7 Å². The van der Waals surface area contributed by atoms with Gasteiger partial charge in [0.1, 0.15) is 5.75 Å². The van der Waals surface area contributed by atoms with Crippen molar-refractivity contribution in [3.8, 4) is 5.75 Å². The predicted octanol–water partition coefficient (Wildman–Crippen LogP) is 3.01. The number of amides is 1. The van der Waals surface area contributed by atoms with Crippen molar-refractivity contribution in [3.05, 3.63) is 52.5 Å². The summed E-state index contributed by atoms with van der Waals surface area (Å²) in [6.45, 7) is 1.80. The van der Waals surface area contributed by atoms with Crippen LogP contribution in [0.4, 0.5) is 5.69 Å². The van der Waals surface area contributed by atoms with Crippen LogP contribution in [0.2, 0.25) is 5.02 Å². The predicted molar refractivity (Wildman–Crippen MR) is 85.4 cm³/mol. The molecule has 0 heterocycles. The number of carbonyl (C=O) groups is 1. The number of anilines is 1. The first-order valence-corrected chi connectivity index (χ1v) is 8.56. The van der Waals surface area contributed by atoms with Crippen LogP contribution in [0.3, 0.4) is 0 Å². The number of hydrogen-bond donors (Lipinski definition) is 2. The zero-order valence-electron chi connectivity index (χ0n) is 11.9. The van der Waals surface area contributed by atoms with Crippen molar-refractivity contribution in [2.45, 2.75) is 11.8 Å². The van der Waals surface area contributed by atoms with Gasteiger partial charge in [0.25, 0.3) is 5.91 Å². The lowest BCUT2D eigenvalue weighted by molar-refractivity contribution is 0.102. The maximum Gasteiger partial charge on any atom is 0.259 e. The number of hydrogen-bond acceptors (Lipinski definition) is 4. The number of aryl methyl sites for hydroxylation is 1. The lowest BCUT2D eigenvalue weighted by Crippen LogP contribution is -2.13. The zero-order chi connectivity index (χ0) is 16.5. The van der Waals surface area contributed by atoms with Gasteiger partial charge in [0.15, 0.2) is 9.84 Å². The Morgan fingerprint density at radius 1 is 1.18 bits per heavy atom. The van der Waals surface area contributed by atoms with Crippen LogP contribution in [0.25, 0.3) is 0 Å². The van der Waals surface area contributed by atoms with Crippen molar-refractivity contribution in [1.29, 1.82) is 0 Å². The molecule has 0 saturated heterocycles. The normalized spacial score (nSPS) is 11.2. The van der Waals surface area contributed by atoms with Gasteiger partial charge in [0.2, 0.25) is 0 Å². The maximum absolute atomic E-state index is 12.2. The number of aromatic hydroxyl groups is 1. The topological polar surface area (TPSA) is 83.5 Å². The molecule has 0 atom stereocenters. The highest BCUT2D eigenvalue weighted by Gasteiger charge is 2.15. The molecule has 2 aromatic carbocycles. The van der Waals surface area contributed by atoms with Gasteiger partial charge in [0, 0.05) is 6.26 Å². The summed E-state index contributed by atoms with van der Waals surface area (Å²) >= 11 is 6.00. The van der Waals surface area contributed by atoms with E-state index in [0.717, 1.165) is 11.8 Å². The van der Waals surface area contributed by atoms with Crippen LogP contribution in [0, 0.1) is 6.92 Å². The van der Waals surface area contributed by atoms with E-state index in [2.05, 4.69) is 5.32 Å². The van der Waals surface area contributed by atoms with Crippen molar-refractivity contribution in [2.75, 3.05) is 11.6 Å². The SMILES string of the molecule is Cc1ccc(O)c(C(=O)Nc2ccc(S(C)(=O)=O)cc2Cl)c1. The van der Waals surface area contributed by atoms with Crippen LogP contribution in [0.5, 0.6) is 5.75 Å². The number of rotatable bonds is 3. The quantitative estimate of drug-likeness (QED) is 0.900. The largest absolute Gasteiger partial charge is 0.507 e. The van der Waals surface area contributed by atoms with E-state index in [-0.39, 0.29) is 26.9 Å². The van der Waals surface area contributed by atoms with Crippen molar-refractivity contribution < 1.29 is 18.3 Å². The van der Waals surface area contributed by atoms with E-state index >= 15 is 0 Å². The highest BCUT2D eigenvalue weighted by atomic mass is 35.5. The Bertz CT molecular complexity index is 847. The van der Waals surface area contributed by atoms with E-state index in [9.17, 15) is 18.3 Å². The van der Waals surface area contributed by atoms with Crippen LogP contribution in [0.1, 0.15) is 15.9 Å². The second-order valence-corrected chi connectivity index (χ2v) is 7.31. The summed E-state index contributed by atoms with van der Waals surface area (Å²) in [5, 5.41) is 12.4. The minimum atomic E-state index is -3.37. The Hall–Kier alpha value is -2.05. The summed E-state index contributed by atoms with van der Waals surface area (Å²) in [4.78, 5) is 12.2. The lowest BCUT2D eigenvalue weighted by Gasteiger charge is -2.10. The Morgan fingerprint density at radius 3 is 2.45 bits per heavy atom. The molecule has 0 saturated carbocycles. The monoisotopic (exact) mass is 339 g/mol. The van der Waals surface area contributed by atoms with Gasteiger partial charge in [-0.1, -0.05) is 23.2 Å². The molecule has 2 N–H and O–H groups in total. The van der Waals surface area contributed by atoms with Crippen LogP contribution in [0.15, 0.2) is 41.3 Å². The molecular weight excluding hydrogens is 326 g/mol. The van der Waals surface area contributed by atoms with Gasteiger partial charge in [-0.25, -0.2) is 8.42 Å². The van der Waals surface area contributed by atoms with E-state index in [1.807, 2.05) is 0 Å².